The van der Waals surface area contributed by atoms with Crippen LogP contribution in [0.1, 0.15) is 5.82 Å². The Labute approximate surface area is 124 Å². The van der Waals surface area contributed by atoms with Crippen molar-refractivity contribution in [3.8, 4) is 5.69 Å². The molecule has 0 spiro atoms. The molecular weight excluding hydrogens is 305 g/mol. The summed E-state index contributed by atoms with van der Waals surface area (Å²) in [5.41, 5.74) is 2.60. The van der Waals surface area contributed by atoms with Crippen molar-refractivity contribution in [2.24, 2.45) is 0 Å². The summed E-state index contributed by atoms with van der Waals surface area (Å²) in [4.78, 5) is 8.56. The SMILES string of the molecule is ClCc1nc2cc(Cl)ccc2n1-c1ccc(Cl)nc1. The van der Waals surface area contributed by atoms with E-state index < -0.39 is 0 Å². The van der Waals surface area contributed by atoms with Crippen LogP contribution in [-0.2, 0) is 5.88 Å². The van der Waals surface area contributed by atoms with Crippen LogP contribution in [-0.4, -0.2) is 14.5 Å². The van der Waals surface area contributed by atoms with E-state index in [2.05, 4.69) is 9.97 Å². The van der Waals surface area contributed by atoms with Crippen LogP contribution in [0.25, 0.3) is 16.7 Å². The Balaban J connectivity index is 2.29. The summed E-state index contributed by atoms with van der Waals surface area (Å²) < 4.78 is 1.95. The van der Waals surface area contributed by atoms with Gasteiger partial charge in [0, 0.05) is 5.02 Å². The maximum Gasteiger partial charge on any atom is 0.129 e. The van der Waals surface area contributed by atoms with E-state index in [1.165, 1.54) is 0 Å². The molecule has 0 N–H and O–H groups in total. The highest BCUT2D eigenvalue weighted by atomic mass is 35.5. The van der Waals surface area contributed by atoms with Gasteiger partial charge in [0.15, 0.2) is 0 Å². The quantitative estimate of drug-likeness (QED) is 0.516. The molecule has 0 aliphatic rings. The molecule has 0 aliphatic heterocycles. The lowest BCUT2D eigenvalue weighted by Gasteiger charge is -2.07. The second-order valence-corrected chi connectivity index (χ2v) is 5.06. The number of alkyl halides is 1. The van der Waals surface area contributed by atoms with Gasteiger partial charge in [-0.2, -0.15) is 0 Å². The summed E-state index contributed by atoms with van der Waals surface area (Å²) in [5, 5.41) is 1.09. The molecule has 0 atom stereocenters. The standard InChI is InChI=1S/C13H8Cl3N3/c14-6-13-18-10-5-8(15)1-3-11(10)19(13)9-2-4-12(16)17-7-9/h1-5,7H,6H2. The minimum atomic E-state index is 0.301. The number of hydrogen-bond acceptors (Lipinski definition) is 2. The third-order valence-corrected chi connectivity index (χ3v) is 3.47. The molecule has 3 nitrogen and oxygen atoms in total. The van der Waals surface area contributed by atoms with Crippen molar-refractivity contribution in [1.82, 2.24) is 14.5 Å². The predicted molar refractivity (Wildman–Crippen MR) is 78.4 cm³/mol. The fraction of sp³-hybridized carbons (Fsp3) is 0.0769. The monoisotopic (exact) mass is 311 g/mol. The predicted octanol–water partition coefficient (Wildman–Crippen LogP) is 4.47. The Bertz CT molecular complexity index is 735. The van der Waals surface area contributed by atoms with Gasteiger partial charge in [0.25, 0.3) is 0 Å². The second-order valence-electron chi connectivity index (χ2n) is 3.97. The maximum atomic E-state index is 5.98. The summed E-state index contributed by atoms with van der Waals surface area (Å²) >= 11 is 17.7. The van der Waals surface area contributed by atoms with Crippen molar-refractivity contribution in [2.75, 3.05) is 0 Å². The summed E-state index contributed by atoms with van der Waals surface area (Å²) in [6.45, 7) is 0. The Morgan fingerprint density at radius 2 is 1.95 bits per heavy atom. The van der Waals surface area contributed by atoms with Crippen molar-refractivity contribution in [3.63, 3.8) is 0 Å². The lowest BCUT2D eigenvalue weighted by Crippen LogP contribution is -1.99. The molecule has 0 saturated carbocycles. The number of halogens is 3. The van der Waals surface area contributed by atoms with Gasteiger partial charge in [0.05, 0.1) is 28.8 Å². The molecule has 96 valence electrons. The molecular formula is C13H8Cl3N3. The van der Waals surface area contributed by atoms with Gasteiger partial charge in [0.2, 0.25) is 0 Å². The van der Waals surface area contributed by atoms with Crippen molar-refractivity contribution in [2.45, 2.75) is 5.88 Å². The Kier molecular flexibility index (Phi) is 3.35. The zero-order valence-corrected chi connectivity index (χ0v) is 11.9. The first kappa shape index (κ1) is 12.7. The van der Waals surface area contributed by atoms with Crippen LogP contribution in [0.5, 0.6) is 0 Å². The number of imidazole rings is 1. The van der Waals surface area contributed by atoms with E-state index in [4.69, 9.17) is 34.8 Å². The first-order valence-electron chi connectivity index (χ1n) is 5.54. The van der Waals surface area contributed by atoms with Gasteiger partial charge < -0.3 is 0 Å². The molecule has 0 aliphatic carbocycles. The molecule has 2 aromatic heterocycles. The van der Waals surface area contributed by atoms with Crippen molar-refractivity contribution >= 4 is 45.8 Å². The first-order chi connectivity index (χ1) is 9.19. The van der Waals surface area contributed by atoms with Crippen molar-refractivity contribution in [3.05, 3.63) is 52.5 Å². The van der Waals surface area contributed by atoms with E-state index in [0.717, 1.165) is 22.5 Å². The largest absolute Gasteiger partial charge is 0.294 e. The minimum Gasteiger partial charge on any atom is -0.294 e. The van der Waals surface area contributed by atoms with Crippen LogP contribution < -0.4 is 0 Å². The summed E-state index contributed by atoms with van der Waals surface area (Å²) in [5.74, 6) is 1.04. The normalized spacial score (nSPS) is 11.1. The summed E-state index contributed by atoms with van der Waals surface area (Å²) in [7, 11) is 0. The topological polar surface area (TPSA) is 30.7 Å². The molecule has 2 heterocycles. The molecule has 3 rings (SSSR count). The van der Waals surface area contributed by atoms with E-state index in [0.29, 0.717) is 16.1 Å². The van der Waals surface area contributed by atoms with Crippen LogP contribution >= 0.6 is 34.8 Å². The highest BCUT2D eigenvalue weighted by Gasteiger charge is 2.12. The average molecular weight is 313 g/mol. The van der Waals surface area contributed by atoms with E-state index >= 15 is 0 Å². The molecule has 0 fully saturated rings. The first-order valence-corrected chi connectivity index (χ1v) is 6.83. The Hall–Kier alpha value is -1.29. The van der Waals surface area contributed by atoms with Crippen LogP contribution in [0.3, 0.4) is 0 Å². The number of rotatable bonds is 2. The van der Waals surface area contributed by atoms with Gasteiger partial charge in [-0.15, -0.1) is 11.6 Å². The summed E-state index contributed by atoms with van der Waals surface area (Å²) in [6, 6.07) is 9.16. The van der Waals surface area contributed by atoms with Crippen molar-refractivity contribution < 1.29 is 0 Å². The zero-order valence-electron chi connectivity index (χ0n) is 9.65. The Morgan fingerprint density at radius 3 is 2.63 bits per heavy atom. The molecule has 0 saturated heterocycles. The van der Waals surface area contributed by atoms with E-state index in [9.17, 15) is 0 Å². The third kappa shape index (κ3) is 2.29. The molecule has 0 amide bonds. The molecule has 19 heavy (non-hydrogen) atoms. The number of hydrogen-bond donors (Lipinski definition) is 0. The molecule has 0 bridgehead atoms. The molecule has 1 aromatic carbocycles. The van der Waals surface area contributed by atoms with Gasteiger partial charge in [0.1, 0.15) is 11.0 Å². The maximum absolute atomic E-state index is 5.98. The van der Waals surface area contributed by atoms with Crippen LogP contribution in [0, 0.1) is 0 Å². The van der Waals surface area contributed by atoms with Gasteiger partial charge in [-0.3, -0.25) is 4.57 Å². The highest BCUT2D eigenvalue weighted by Crippen LogP contribution is 2.25. The third-order valence-electron chi connectivity index (χ3n) is 2.78. The fourth-order valence-electron chi connectivity index (χ4n) is 1.98. The van der Waals surface area contributed by atoms with Crippen LogP contribution in [0.15, 0.2) is 36.5 Å². The van der Waals surface area contributed by atoms with Crippen LogP contribution in [0.4, 0.5) is 0 Å². The number of benzene rings is 1. The molecule has 0 unspecified atom stereocenters. The van der Waals surface area contributed by atoms with Gasteiger partial charge in [-0.25, -0.2) is 9.97 Å². The molecule has 0 radical (unpaired) electrons. The average Bonchev–Trinajstić information content (AvgIpc) is 2.77. The zero-order chi connectivity index (χ0) is 13.4. The molecule has 3 aromatic rings. The Morgan fingerprint density at radius 1 is 1.11 bits per heavy atom. The van der Waals surface area contributed by atoms with E-state index in [1.54, 1.807) is 12.3 Å². The van der Waals surface area contributed by atoms with Gasteiger partial charge >= 0.3 is 0 Å². The van der Waals surface area contributed by atoms with E-state index in [1.807, 2.05) is 28.8 Å². The summed E-state index contributed by atoms with van der Waals surface area (Å²) in [6.07, 6.45) is 1.69. The molecule has 6 heteroatoms. The smallest absolute Gasteiger partial charge is 0.129 e. The lowest BCUT2D eigenvalue weighted by molar-refractivity contribution is 0.973. The van der Waals surface area contributed by atoms with Crippen molar-refractivity contribution in [1.29, 1.82) is 0 Å². The second kappa shape index (κ2) is 5.00. The van der Waals surface area contributed by atoms with Gasteiger partial charge in [-0.05, 0) is 30.3 Å². The van der Waals surface area contributed by atoms with E-state index in [-0.39, 0.29) is 0 Å². The number of fused-ring (bicyclic) bond motifs is 1. The van der Waals surface area contributed by atoms with Gasteiger partial charge in [-0.1, -0.05) is 23.2 Å². The number of pyridine rings is 1. The highest BCUT2D eigenvalue weighted by molar-refractivity contribution is 6.31. The number of nitrogens with zero attached hydrogens (tertiary/aromatic N) is 3. The number of aromatic nitrogens is 3. The van der Waals surface area contributed by atoms with Crippen LogP contribution in [0.2, 0.25) is 10.2 Å². The lowest BCUT2D eigenvalue weighted by atomic mass is 10.3. The minimum absolute atomic E-state index is 0.301. The fourth-order valence-corrected chi connectivity index (χ4v) is 2.44.